The van der Waals surface area contributed by atoms with Gasteiger partial charge in [-0.3, -0.25) is 0 Å². The highest BCUT2D eigenvalue weighted by atomic mass is 13.6. The smallest absolute Gasteiger partial charge is 0.0379 e. The second-order valence-electron chi connectivity index (χ2n) is 2.39. The molecule has 0 aliphatic heterocycles. The van der Waals surface area contributed by atoms with Crippen LogP contribution in [0.4, 0.5) is 0 Å². The van der Waals surface area contributed by atoms with Crippen LogP contribution in [0.5, 0.6) is 0 Å². The molecule has 14 heavy (non-hydrogen) atoms. The van der Waals surface area contributed by atoms with E-state index in [2.05, 4.69) is 39.5 Å². The molecule has 0 saturated heterocycles. The zero-order valence-electron chi connectivity index (χ0n) is 11.6. The van der Waals surface area contributed by atoms with Gasteiger partial charge in [-0.05, 0) is 20.3 Å². The quantitative estimate of drug-likeness (QED) is 0.480. The van der Waals surface area contributed by atoms with Crippen LogP contribution in [0, 0.1) is 0 Å². The number of unbranched alkanes of at least 4 members (excludes halogenated alkanes) is 1. The van der Waals surface area contributed by atoms with E-state index in [0.29, 0.717) is 0 Å². The first-order valence-corrected chi connectivity index (χ1v) is 5.93. The molecule has 0 radical (unpaired) electrons. The van der Waals surface area contributed by atoms with Crippen molar-refractivity contribution >= 4 is 0 Å². The highest BCUT2D eigenvalue weighted by Gasteiger charge is 1.56. The van der Waals surface area contributed by atoms with Crippen molar-refractivity contribution in [2.75, 3.05) is 0 Å². The Morgan fingerprint density at radius 1 is 0.929 bits per heavy atom. The average Bonchev–Trinajstić information content (AvgIpc) is 2.24. The van der Waals surface area contributed by atoms with Crippen LogP contribution in [-0.2, 0) is 0 Å². The van der Waals surface area contributed by atoms with Crippen molar-refractivity contribution in [3.05, 3.63) is 24.8 Å². The molecule has 0 unspecified atom stereocenters. The largest absolute Gasteiger partial charge is 0.103 e. The fraction of sp³-hybridized carbons (Fsp3) is 0.714. The summed E-state index contributed by atoms with van der Waals surface area (Å²) in [5.41, 5.74) is 0. The van der Waals surface area contributed by atoms with Crippen LogP contribution in [0.3, 0.4) is 0 Å². The summed E-state index contributed by atoms with van der Waals surface area (Å²) < 4.78 is 0. The molecule has 88 valence electrons. The highest BCUT2D eigenvalue weighted by molar-refractivity contribution is 4.73. The molecule has 0 amide bonds. The SMILES string of the molecule is C/C=C/CC.C=CC.CC.CCCC. The third-order valence-corrected chi connectivity index (χ3v) is 0.971. The van der Waals surface area contributed by atoms with Gasteiger partial charge in [0.15, 0.2) is 0 Å². The summed E-state index contributed by atoms with van der Waals surface area (Å²) >= 11 is 0. The Bertz CT molecular complexity index is 68.1. The van der Waals surface area contributed by atoms with E-state index in [1.54, 1.807) is 6.08 Å². The lowest BCUT2D eigenvalue weighted by atomic mass is 10.4. The molecule has 0 N–H and O–H groups in total. The molecular weight excluding hydrogens is 168 g/mol. The Morgan fingerprint density at radius 3 is 1.21 bits per heavy atom. The molecule has 0 fully saturated rings. The van der Waals surface area contributed by atoms with Crippen LogP contribution in [0.25, 0.3) is 0 Å². The molecule has 0 spiro atoms. The molecule has 0 aromatic rings. The van der Waals surface area contributed by atoms with Crippen LogP contribution in [0.1, 0.15) is 67.7 Å². The maximum absolute atomic E-state index is 3.36. The van der Waals surface area contributed by atoms with Gasteiger partial charge >= 0.3 is 0 Å². The van der Waals surface area contributed by atoms with Gasteiger partial charge in [0.25, 0.3) is 0 Å². The van der Waals surface area contributed by atoms with Gasteiger partial charge in [-0.25, -0.2) is 0 Å². The molecule has 0 rings (SSSR count). The van der Waals surface area contributed by atoms with E-state index < -0.39 is 0 Å². The lowest BCUT2D eigenvalue weighted by molar-refractivity contribution is 0.886. The Labute approximate surface area is 93.1 Å². The maximum atomic E-state index is 3.36. The van der Waals surface area contributed by atoms with E-state index in [1.807, 2.05) is 27.7 Å². The van der Waals surface area contributed by atoms with E-state index in [-0.39, 0.29) is 0 Å². The predicted octanol–water partition coefficient (Wildman–Crippen LogP) is 6.00. The third kappa shape index (κ3) is 205. The molecule has 0 heterocycles. The Morgan fingerprint density at radius 2 is 1.21 bits per heavy atom. The highest BCUT2D eigenvalue weighted by Crippen LogP contribution is 1.76. The Hall–Kier alpha value is -0.520. The molecule has 0 aliphatic carbocycles. The number of hydrogen-bond acceptors (Lipinski definition) is 0. The zero-order chi connectivity index (χ0) is 12.2. The van der Waals surface area contributed by atoms with Crippen molar-refractivity contribution in [2.45, 2.75) is 67.7 Å². The van der Waals surface area contributed by atoms with Crippen LogP contribution >= 0.6 is 0 Å². The van der Waals surface area contributed by atoms with Crippen LogP contribution in [0.2, 0.25) is 0 Å². The lowest BCUT2D eigenvalue weighted by Gasteiger charge is -1.68. The van der Waals surface area contributed by atoms with Crippen molar-refractivity contribution in [3.8, 4) is 0 Å². The standard InChI is InChI=1S/C5H10.C4H10.C3H6.C2H6/c1-3-5-4-2;1-3-4-2;1-3-2;1-2/h3,5H,4H2,1-2H3;3-4H2,1-2H3;3H,1H2,2H3;1-2H3/b5-3+;;;. The normalized spacial score (nSPS) is 7.07. The van der Waals surface area contributed by atoms with E-state index in [1.165, 1.54) is 12.8 Å². The van der Waals surface area contributed by atoms with Crippen LogP contribution in [0.15, 0.2) is 24.8 Å². The molecule has 0 aliphatic rings. The molecule has 0 heteroatoms. The van der Waals surface area contributed by atoms with Crippen molar-refractivity contribution in [1.82, 2.24) is 0 Å². The van der Waals surface area contributed by atoms with Crippen molar-refractivity contribution in [2.24, 2.45) is 0 Å². The number of allylic oxidation sites excluding steroid dienone is 3. The van der Waals surface area contributed by atoms with Gasteiger partial charge < -0.3 is 0 Å². The summed E-state index contributed by atoms with van der Waals surface area (Å²) in [7, 11) is 0. The summed E-state index contributed by atoms with van der Waals surface area (Å²) in [6, 6.07) is 0. The molecule has 0 bridgehead atoms. The Balaban J connectivity index is -0.0000000505. The van der Waals surface area contributed by atoms with Crippen LogP contribution < -0.4 is 0 Å². The van der Waals surface area contributed by atoms with Gasteiger partial charge in [-0.2, -0.15) is 0 Å². The van der Waals surface area contributed by atoms with Gasteiger partial charge in [-0.15, -0.1) is 6.58 Å². The predicted molar refractivity (Wildman–Crippen MR) is 72.9 cm³/mol. The van der Waals surface area contributed by atoms with Gasteiger partial charge in [0.05, 0.1) is 0 Å². The number of hydrogen-bond donors (Lipinski definition) is 0. The molecule has 0 aromatic carbocycles. The van der Waals surface area contributed by atoms with Crippen molar-refractivity contribution in [3.63, 3.8) is 0 Å². The van der Waals surface area contributed by atoms with Crippen molar-refractivity contribution < 1.29 is 0 Å². The van der Waals surface area contributed by atoms with E-state index in [0.717, 1.165) is 6.42 Å². The van der Waals surface area contributed by atoms with Gasteiger partial charge in [-0.1, -0.05) is 65.7 Å². The van der Waals surface area contributed by atoms with E-state index in [4.69, 9.17) is 0 Å². The third-order valence-electron chi connectivity index (χ3n) is 0.971. The molecule has 0 atom stereocenters. The van der Waals surface area contributed by atoms with Gasteiger partial charge in [0.2, 0.25) is 0 Å². The second kappa shape index (κ2) is 54.8. The monoisotopic (exact) mass is 200 g/mol. The topological polar surface area (TPSA) is 0 Å². The number of rotatable bonds is 2. The summed E-state index contributed by atoms with van der Waals surface area (Å²) in [6.07, 6.45) is 9.73. The summed E-state index contributed by atoms with van der Waals surface area (Å²) in [5.74, 6) is 0. The second-order valence-corrected chi connectivity index (χ2v) is 2.39. The van der Waals surface area contributed by atoms with E-state index >= 15 is 0 Å². The summed E-state index contributed by atoms with van der Waals surface area (Å²) in [5, 5.41) is 0. The van der Waals surface area contributed by atoms with Crippen molar-refractivity contribution in [1.29, 1.82) is 0 Å². The minimum atomic E-state index is 1.16. The van der Waals surface area contributed by atoms with Gasteiger partial charge in [0, 0.05) is 0 Å². The first kappa shape index (κ1) is 23.4. The minimum absolute atomic E-state index is 1.16. The lowest BCUT2D eigenvalue weighted by Crippen LogP contribution is -1.47. The molecule has 0 saturated carbocycles. The first-order valence-electron chi connectivity index (χ1n) is 5.93. The Kier molecular flexibility index (Phi) is 91.4. The fourth-order valence-corrected chi connectivity index (χ4v) is 0.236. The maximum Gasteiger partial charge on any atom is -0.0379 e. The first-order chi connectivity index (χ1) is 6.74. The average molecular weight is 200 g/mol. The van der Waals surface area contributed by atoms with Crippen LogP contribution in [-0.4, -0.2) is 0 Å². The minimum Gasteiger partial charge on any atom is -0.103 e. The summed E-state index contributed by atoms with van der Waals surface area (Å²) in [6.45, 7) is 17.8. The molecule has 0 aromatic heterocycles. The molecule has 0 nitrogen and oxygen atoms in total. The van der Waals surface area contributed by atoms with E-state index in [9.17, 15) is 0 Å². The molecular formula is C14H32. The van der Waals surface area contributed by atoms with Gasteiger partial charge in [0.1, 0.15) is 0 Å². The zero-order valence-corrected chi connectivity index (χ0v) is 11.6. The summed E-state index contributed by atoms with van der Waals surface area (Å²) in [4.78, 5) is 0. The fourth-order valence-electron chi connectivity index (χ4n) is 0.236.